The Morgan fingerprint density at radius 1 is 1.59 bits per heavy atom. The fraction of sp³-hybridized carbons (Fsp3) is 0.615. The van der Waals surface area contributed by atoms with Crippen LogP contribution in [0.25, 0.3) is 0 Å². The van der Waals surface area contributed by atoms with Gasteiger partial charge in [-0.15, -0.1) is 0 Å². The number of furan rings is 1. The molecule has 1 aliphatic carbocycles. The summed E-state index contributed by atoms with van der Waals surface area (Å²) in [6, 6.07) is 1.93. The molecule has 2 aliphatic rings. The van der Waals surface area contributed by atoms with Crippen molar-refractivity contribution in [3.8, 4) is 0 Å². The number of hydrogen-bond donors (Lipinski definition) is 1. The molecule has 2 heterocycles. The van der Waals surface area contributed by atoms with E-state index in [2.05, 4.69) is 0 Å². The van der Waals surface area contributed by atoms with Gasteiger partial charge in [-0.1, -0.05) is 6.42 Å². The molecule has 1 amide bonds. The van der Waals surface area contributed by atoms with E-state index in [0.717, 1.165) is 24.9 Å². The molecule has 4 nitrogen and oxygen atoms in total. The molecular weight excluding hydrogens is 216 g/mol. The lowest BCUT2D eigenvalue weighted by Gasteiger charge is -2.41. The number of nitrogens with two attached hydrogens (primary N) is 1. The fourth-order valence-corrected chi connectivity index (χ4v) is 3.01. The van der Waals surface area contributed by atoms with E-state index in [1.807, 2.05) is 11.8 Å². The van der Waals surface area contributed by atoms with Gasteiger partial charge in [-0.05, 0) is 31.4 Å². The zero-order valence-electron chi connectivity index (χ0n) is 10.1. The van der Waals surface area contributed by atoms with Gasteiger partial charge in [0.2, 0.25) is 0 Å². The first-order valence-corrected chi connectivity index (χ1v) is 6.21. The Morgan fingerprint density at radius 3 is 2.82 bits per heavy atom. The average molecular weight is 234 g/mol. The summed E-state index contributed by atoms with van der Waals surface area (Å²) in [5, 5.41) is 0. The number of amides is 1. The van der Waals surface area contributed by atoms with Gasteiger partial charge >= 0.3 is 0 Å². The minimum Gasteiger partial charge on any atom is -0.459 e. The van der Waals surface area contributed by atoms with Crippen molar-refractivity contribution in [1.29, 1.82) is 0 Å². The lowest BCUT2D eigenvalue weighted by Crippen LogP contribution is -2.45. The Labute approximate surface area is 101 Å². The van der Waals surface area contributed by atoms with E-state index in [1.165, 1.54) is 6.42 Å². The largest absolute Gasteiger partial charge is 0.459 e. The third kappa shape index (κ3) is 1.59. The summed E-state index contributed by atoms with van der Waals surface area (Å²) in [4.78, 5) is 14.1. The molecule has 4 heteroatoms. The van der Waals surface area contributed by atoms with Crippen molar-refractivity contribution in [2.45, 2.75) is 32.2 Å². The number of carbonyl (C=O) groups excluding carboxylic acids is 1. The smallest absolute Gasteiger partial charge is 0.289 e. The van der Waals surface area contributed by atoms with Crippen LogP contribution in [-0.4, -0.2) is 29.9 Å². The van der Waals surface area contributed by atoms with Crippen LogP contribution < -0.4 is 5.73 Å². The Hall–Kier alpha value is -1.29. The third-order valence-corrected chi connectivity index (χ3v) is 4.29. The van der Waals surface area contributed by atoms with Crippen LogP contribution in [-0.2, 0) is 0 Å². The van der Waals surface area contributed by atoms with E-state index in [1.54, 1.807) is 12.3 Å². The molecule has 1 aromatic heterocycles. The van der Waals surface area contributed by atoms with Gasteiger partial charge in [0.25, 0.3) is 5.91 Å². The van der Waals surface area contributed by atoms with Crippen LogP contribution >= 0.6 is 0 Å². The molecule has 3 rings (SSSR count). The van der Waals surface area contributed by atoms with Crippen LogP contribution in [0.2, 0.25) is 0 Å². The topological polar surface area (TPSA) is 59.5 Å². The zero-order chi connectivity index (χ0) is 12.0. The second kappa shape index (κ2) is 3.60. The first kappa shape index (κ1) is 10.8. The molecule has 1 aromatic rings. The van der Waals surface area contributed by atoms with Gasteiger partial charge in [-0.25, -0.2) is 0 Å². The summed E-state index contributed by atoms with van der Waals surface area (Å²) in [6.07, 6.45) is 5.18. The second-order valence-corrected chi connectivity index (χ2v) is 5.50. The molecule has 17 heavy (non-hydrogen) atoms. The summed E-state index contributed by atoms with van der Waals surface area (Å²) in [6.45, 7) is 3.38. The fourth-order valence-electron chi connectivity index (χ4n) is 3.01. The Balaban J connectivity index is 1.76. The number of rotatable bonds is 1. The number of likely N-dealkylation sites (tertiary alicyclic amines) is 1. The van der Waals surface area contributed by atoms with Gasteiger partial charge in [0, 0.05) is 24.5 Å². The van der Waals surface area contributed by atoms with Crippen molar-refractivity contribution < 1.29 is 9.21 Å². The Kier molecular flexibility index (Phi) is 2.30. The minimum atomic E-state index is -0.0164. The standard InChI is InChI=1S/C13H18N2O2/c1-9-5-10(17-7-9)12(16)15-6-11(14)13(8-15)3-2-4-13/h5,7,11H,2-4,6,8,14H2,1H3. The van der Waals surface area contributed by atoms with Gasteiger partial charge in [0.1, 0.15) is 0 Å². The highest BCUT2D eigenvalue weighted by Gasteiger charge is 2.50. The highest BCUT2D eigenvalue weighted by Crippen LogP contribution is 2.47. The summed E-state index contributed by atoms with van der Waals surface area (Å²) in [5.41, 5.74) is 7.35. The molecule has 1 unspecified atom stereocenters. The van der Waals surface area contributed by atoms with Crippen LogP contribution in [0.4, 0.5) is 0 Å². The maximum absolute atomic E-state index is 12.2. The molecule has 0 radical (unpaired) electrons. The molecular formula is C13H18N2O2. The molecule has 0 aromatic carbocycles. The normalized spacial score (nSPS) is 26.2. The minimum absolute atomic E-state index is 0.0164. The van der Waals surface area contributed by atoms with Gasteiger partial charge in [0.05, 0.1) is 6.26 Å². The number of nitrogens with zero attached hydrogens (tertiary/aromatic N) is 1. The SMILES string of the molecule is Cc1coc(C(=O)N2CC(N)C3(CCC3)C2)c1. The van der Waals surface area contributed by atoms with E-state index in [0.29, 0.717) is 12.3 Å². The number of aryl methyl sites for hydroxylation is 1. The van der Waals surface area contributed by atoms with Crippen molar-refractivity contribution in [2.24, 2.45) is 11.1 Å². The molecule has 2 fully saturated rings. The molecule has 1 saturated carbocycles. The summed E-state index contributed by atoms with van der Waals surface area (Å²) >= 11 is 0. The molecule has 1 aliphatic heterocycles. The van der Waals surface area contributed by atoms with Crippen molar-refractivity contribution in [3.63, 3.8) is 0 Å². The maximum Gasteiger partial charge on any atom is 0.289 e. The maximum atomic E-state index is 12.2. The van der Waals surface area contributed by atoms with E-state index in [-0.39, 0.29) is 17.4 Å². The quantitative estimate of drug-likeness (QED) is 0.801. The Bertz CT molecular complexity index is 448. The van der Waals surface area contributed by atoms with E-state index in [9.17, 15) is 4.79 Å². The second-order valence-electron chi connectivity index (χ2n) is 5.50. The van der Waals surface area contributed by atoms with Crippen LogP contribution in [0.1, 0.15) is 35.4 Å². The van der Waals surface area contributed by atoms with E-state index < -0.39 is 0 Å². The predicted octanol–water partition coefficient (Wildman–Crippen LogP) is 1.54. The monoisotopic (exact) mass is 234 g/mol. The predicted molar refractivity (Wildman–Crippen MR) is 63.6 cm³/mol. The van der Waals surface area contributed by atoms with Gasteiger partial charge in [0.15, 0.2) is 5.76 Å². The molecule has 1 spiro atoms. The summed E-state index contributed by atoms with van der Waals surface area (Å²) in [7, 11) is 0. The van der Waals surface area contributed by atoms with Gasteiger partial charge < -0.3 is 15.1 Å². The highest BCUT2D eigenvalue weighted by atomic mass is 16.3. The van der Waals surface area contributed by atoms with Gasteiger partial charge in [-0.3, -0.25) is 4.79 Å². The molecule has 1 atom stereocenters. The number of carbonyl (C=O) groups is 1. The van der Waals surface area contributed by atoms with E-state index >= 15 is 0 Å². The van der Waals surface area contributed by atoms with Crippen LogP contribution in [0.15, 0.2) is 16.7 Å². The van der Waals surface area contributed by atoms with Crippen molar-refractivity contribution in [2.75, 3.05) is 13.1 Å². The lowest BCUT2D eigenvalue weighted by atomic mass is 9.66. The van der Waals surface area contributed by atoms with Crippen LogP contribution in [0, 0.1) is 12.3 Å². The first-order chi connectivity index (χ1) is 8.11. The van der Waals surface area contributed by atoms with Gasteiger partial charge in [-0.2, -0.15) is 0 Å². The lowest BCUT2D eigenvalue weighted by molar-refractivity contribution is 0.0697. The van der Waals surface area contributed by atoms with Crippen LogP contribution in [0.5, 0.6) is 0 Å². The molecule has 1 saturated heterocycles. The Morgan fingerprint density at radius 2 is 2.35 bits per heavy atom. The van der Waals surface area contributed by atoms with Crippen molar-refractivity contribution in [3.05, 3.63) is 23.7 Å². The van der Waals surface area contributed by atoms with E-state index in [4.69, 9.17) is 10.2 Å². The highest BCUT2D eigenvalue weighted by molar-refractivity contribution is 5.92. The number of hydrogen-bond acceptors (Lipinski definition) is 3. The molecule has 92 valence electrons. The van der Waals surface area contributed by atoms with Crippen molar-refractivity contribution in [1.82, 2.24) is 4.90 Å². The summed E-state index contributed by atoms with van der Waals surface area (Å²) < 4.78 is 5.26. The zero-order valence-corrected chi connectivity index (χ0v) is 10.1. The van der Waals surface area contributed by atoms with Crippen molar-refractivity contribution >= 4 is 5.91 Å². The summed E-state index contributed by atoms with van der Waals surface area (Å²) in [5.74, 6) is 0.420. The van der Waals surface area contributed by atoms with Crippen LogP contribution in [0.3, 0.4) is 0 Å². The third-order valence-electron chi connectivity index (χ3n) is 4.29. The molecule has 0 bridgehead atoms. The molecule has 2 N–H and O–H groups in total. The first-order valence-electron chi connectivity index (χ1n) is 6.21. The average Bonchev–Trinajstić information content (AvgIpc) is 2.80.